The van der Waals surface area contributed by atoms with Crippen molar-refractivity contribution >= 4 is 33.6 Å². The van der Waals surface area contributed by atoms with Crippen LogP contribution in [0.15, 0.2) is 46.4 Å². The SMILES string of the molecule is CCCOc1c(Br)cc(/C=C(\C#N)C(=O)Nc2cccc(OC)c2)cc1OC. The van der Waals surface area contributed by atoms with E-state index in [-0.39, 0.29) is 5.57 Å². The molecule has 1 amide bonds. The largest absolute Gasteiger partial charge is 0.497 e. The second kappa shape index (κ2) is 10.4. The monoisotopic (exact) mass is 444 g/mol. The molecule has 0 aliphatic heterocycles. The zero-order valence-corrected chi connectivity index (χ0v) is 17.5. The summed E-state index contributed by atoms with van der Waals surface area (Å²) in [6, 6.07) is 12.3. The molecule has 0 radical (unpaired) electrons. The molecule has 2 aromatic carbocycles. The molecule has 146 valence electrons. The van der Waals surface area contributed by atoms with Gasteiger partial charge in [-0.25, -0.2) is 0 Å². The van der Waals surface area contributed by atoms with Gasteiger partial charge < -0.3 is 19.5 Å². The van der Waals surface area contributed by atoms with Gasteiger partial charge in [0.15, 0.2) is 11.5 Å². The third kappa shape index (κ3) is 5.51. The van der Waals surface area contributed by atoms with Gasteiger partial charge in [-0.15, -0.1) is 0 Å². The number of methoxy groups -OCH3 is 2. The Morgan fingerprint density at radius 3 is 2.68 bits per heavy atom. The fourth-order valence-electron chi connectivity index (χ4n) is 2.38. The summed E-state index contributed by atoms with van der Waals surface area (Å²) in [5.74, 6) is 1.19. The van der Waals surface area contributed by atoms with Crippen LogP contribution in [0.3, 0.4) is 0 Å². The van der Waals surface area contributed by atoms with Crippen LogP contribution >= 0.6 is 15.9 Å². The molecule has 6 nitrogen and oxygen atoms in total. The molecule has 0 aliphatic rings. The fourth-order valence-corrected chi connectivity index (χ4v) is 2.96. The van der Waals surface area contributed by atoms with Gasteiger partial charge in [0.2, 0.25) is 0 Å². The van der Waals surface area contributed by atoms with Gasteiger partial charge in [0.1, 0.15) is 17.4 Å². The molecule has 2 aromatic rings. The second-order valence-corrected chi connectivity index (χ2v) is 6.59. The van der Waals surface area contributed by atoms with Crippen LogP contribution in [0.1, 0.15) is 18.9 Å². The molecular formula is C21H21BrN2O4. The summed E-state index contributed by atoms with van der Waals surface area (Å²) in [4.78, 5) is 12.5. The van der Waals surface area contributed by atoms with Crippen LogP contribution < -0.4 is 19.5 Å². The van der Waals surface area contributed by atoms with Crippen molar-refractivity contribution in [1.82, 2.24) is 0 Å². The molecule has 0 unspecified atom stereocenters. The van der Waals surface area contributed by atoms with Gasteiger partial charge in [-0.05, 0) is 58.3 Å². The number of nitriles is 1. The molecule has 0 heterocycles. The number of halogens is 1. The number of carbonyl (C=O) groups excluding carboxylic acids is 1. The average molecular weight is 445 g/mol. The molecule has 0 aromatic heterocycles. The fraction of sp³-hybridized carbons (Fsp3) is 0.238. The van der Waals surface area contributed by atoms with Crippen LogP contribution in [0.4, 0.5) is 5.69 Å². The summed E-state index contributed by atoms with van der Waals surface area (Å²) in [7, 11) is 3.08. The minimum absolute atomic E-state index is 0.0426. The summed E-state index contributed by atoms with van der Waals surface area (Å²) in [6.45, 7) is 2.56. The first kappa shape index (κ1) is 21.3. The molecule has 28 heavy (non-hydrogen) atoms. The van der Waals surface area contributed by atoms with E-state index in [1.807, 2.05) is 13.0 Å². The van der Waals surface area contributed by atoms with Gasteiger partial charge in [-0.2, -0.15) is 5.26 Å². The summed E-state index contributed by atoms with van der Waals surface area (Å²) in [6.07, 6.45) is 2.35. The van der Waals surface area contributed by atoms with E-state index in [1.54, 1.807) is 43.5 Å². The Hall–Kier alpha value is -2.98. The number of hydrogen-bond donors (Lipinski definition) is 1. The van der Waals surface area contributed by atoms with Crippen molar-refractivity contribution in [3.8, 4) is 23.3 Å². The van der Waals surface area contributed by atoms with E-state index in [4.69, 9.17) is 14.2 Å². The lowest BCUT2D eigenvalue weighted by Crippen LogP contribution is -2.13. The first-order valence-electron chi connectivity index (χ1n) is 8.59. The van der Waals surface area contributed by atoms with Crippen molar-refractivity contribution in [2.75, 3.05) is 26.1 Å². The van der Waals surface area contributed by atoms with Crippen LogP contribution in [-0.4, -0.2) is 26.7 Å². The average Bonchev–Trinajstić information content (AvgIpc) is 2.70. The van der Waals surface area contributed by atoms with E-state index < -0.39 is 5.91 Å². The Morgan fingerprint density at radius 2 is 2.04 bits per heavy atom. The molecule has 7 heteroatoms. The van der Waals surface area contributed by atoms with Gasteiger partial charge in [-0.1, -0.05) is 13.0 Å². The number of carbonyl (C=O) groups is 1. The van der Waals surface area contributed by atoms with Crippen molar-refractivity contribution in [1.29, 1.82) is 5.26 Å². The number of nitrogens with zero attached hydrogens (tertiary/aromatic N) is 1. The quantitative estimate of drug-likeness (QED) is 0.467. The van der Waals surface area contributed by atoms with Gasteiger partial charge >= 0.3 is 0 Å². The Balaban J connectivity index is 2.29. The molecule has 0 bridgehead atoms. The maximum absolute atomic E-state index is 12.5. The molecule has 0 spiro atoms. The van der Waals surface area contributed by atoms with Crippen molar-refractivity contribution in [2.45, 2.75) is 13.3 Å². The van der Waals surface area contributed by atoms with Crippen molar-refractivity contribution in [2.24, 2.45) is 0 Å². The van der Waals surface area contributed by atoms with Crippen molar-refractivity contribution < 1.29 is 19.0 Å². The Bertz CT molecular complexity index is 919. The van der Waals surface area contributed by atoms with Gasteiger partial charge in [0, 0.05) is 11.8 Å². The summed E-state index contributed by atoms with van der Waals surface area (Å²) < 4.78 is 16.9. The first-order chi connectivity index (χ1) is 13.5. The number of nitrogens with one attached hydrogen (secondary N) is 1. The Morgan fingerprint density at radius 1 is 1.25 bits per heavy atom. The summed E-state index contributed by atoms with van der Waals surface area (Å²) in [5, 5.41) is 12.1. The normalized spacial score (nSPS) is 10.8. The number of amides is 1. The first-order valence-corrected chi connectivity index (χ1v) is 9.39. The van der Waals surface area contributed by atoms with Crippen LogP contribution in [0, 0.1) is 11.3 Å². The predicted octanol–water partition coefficient (Wildman–Crippen LogP) is 4.80. The molecule has 0 fully saturated rings. The van der Waals surface area contributed by atoms with E-state index in [0.717, 1.165) is 6.42 Å². The number of rotatable bonds is 8. The molecule has 0 saturated heterocycles. The number of ether oxygens (including phenoxy) is 3. The molecule has 0 aliphatic carbocycles. The van der Waals surface area contributed by atoms with Crippen molar-refractivity contribution in [3.63, 3.8) is 0 Å². The topological polar surface area (TPSA) is 80.6 Å². The third-order valence-corrected chi connectivity index (χ3v) is 4.30. The van der Waals surface area contributed by atoms with Gasteiger partial charge in [0.25, 0.3) is 5.91 Å². The van der Waals surface area contributed by atoms with E-state index in [0.29, 0.717) is 39.6 Å². The smallest absolute Gasteiger partial charge is 0.266 e. The molecule has 2 rings (SSSR count). The van der Waals surface area contributed by atoms with Gasteiger partial charge in [0.05, 0.1) is 25.3 Å². The number of anilines is 1. The van der Waals surface area contributed by atoms with Crippen LogP contribution in [-0.2, 0) is 4.79 Å². The van der Waals surface area contributed by atoms with E-state index in [9.17, 15) is 10.1 Å². The number of benzene rings is 2. The van der Waals surface area contributed by atoms with Gasteiger partial charge in [-0.3, -0.25) is 4.79 Å². The molecule has 1 N–H and O–H groups in total. The summed E-state index contributed by atoms with van der Waals surface area (Å²) >= 11 is 3.46. The van der Waals surface area contributed by atoms with Crippen LogP contribution in [0.5, 0.6) is 17.2 Å². The lowest BCUT2D eigenvalue weighted by atomic mass is 10.1. The highest BCUT2D eigenvalue weighted by Crippen LogP contribution is 2.37. The van der Waals surface area contributed by atoms with E-state index in [2.05, 4.69) is 21.2 Å². The number of hydrogen-bond acceptors (Lipinski definition) is 5. The lowest BCUT2D eigenvalue weighted by Gasteiger charge is -2.13. The maximum Gasteiger partial charge on any atom is 0.266 e. The Kier molecular flexibility index (Phi) is 7.90. The zero-order valence-electron chi connectivity index (χ0n) is 15.9. The van der Waals surface area contributed by atoms with Crippen molar-refractivity contribution in [3.05, 3.63) is 52.0 Å². The highest BCUT2D eigenvalue weighted by atomic mass is 79.9. The summed E-state index contributed by atoms with van der Waals surface area (Å²) in [5.41, 5.74) is 1.12. The third-order valence-electron chi connectivity index (χ3n) is 3.71. The molecular weight excluding hydrogens is 424 g/mol. The minimum atomic E-state index is -0.517. The van der Waals surface area contributed by atoms with E-state index >= 15 is 0 Å². The second-order valence-electron chi connectivity index (χ2n) is 5.74. The predicted molar refractivity (Wildman–Crippen MR) is 112 cm³/mol. The lowest BCUT2D eigenvalue weighted by molar-refractivity contribution is -0.112. The van der Waals surface area contributed by atoms with Crippen LogP contribution in [0.25, 0.3) is 6.08 Å². The molecule has 0 atom stereocenters. The van der Waals surface area contributed by atoms with Crippen LogP contribution in [0.2, 0.25) is 0 Å². The minimum Gasteiger partial charge on any atom is -0.497 e. The Labute approximate surface area is 172 Å². The maximum atomic E-state index is 12.5. The molecule has 0 saturated carbocycles. The highest BCUT2D eigenvalue weighted by Gasteiger charge is 2.14. The highest BCUT2D eigenvalue weighted by molar-refractivity contribution is 9.10. The van der Waals surface area contributed by atoms with E-state index in [1.165, 1.54) is 13.2 Å². The zero-order chi connectivity index (χ0) is 20.5. The standard InChI is InChI=1S/C21H21BrN2O4/c1-4-8-28-20-18(22)10-14(11-19(20)27-3)9-15(13-23)21(25)24-16-6-5-7-17(12-16)26-2/h5-7,9-12H,4,8H2,1-3H3,(H,24,25)/b15-9+.